The first-order chi connectivity index (χ1) is 25.2. The summed E-state index contributed by atoms with van der Waals surface area (Å²) in [5, 5.41) is 25.9. The number of nitrogens with two attached hydrogens (primary N) is 1. The van der Waals surface area contributed by atoms with Crippen molar-refractivity contribution in [2.75, 3.05) is 50.0 Å². The molecule has 10 rings (SSSR count). The normalized spacial score (nSPS) is 27.6. The largest absolute Gasteiger partial charge is 0.461 e. The van der Waals surface area contributed by atoms with Crippen LogP contribution in [-0.2, 0) is 0 Å². The van der Waals surface area contributed by atoms with Crippen LogP contribution in [0.1, 0.15) is 56.9 Å². The van der Waals surface area contributed by atoms with E-state index < -0.39 is 17.9 Å². The number of anilines is 2. The molecule has 0 bridgehead atoms. The van der Waals surface area contributed by atoms with Crippen molar-refractivity contribution >= 4 is 54.7 Å². The van der Waals surface area contributed by atoms with Crippen LogP contribution in [0.15, 0.2) is 18.2 Å². The number of halogens is 3. The molecule has 6 aliphatic rings. The van der Waals surface area contributed by atoms with E-state index in [2.05, 4.69) is 26.1 Å². The molecule has 0 spiro atoms. The maximum Gasteiger partial charge on any atom is 0.319 e. The number of hydrogen-bond acceptors (Lipinski definition) is 11. The maximum absolute atomic E-state index is 17.2. The Morgan fingerprint density at radius 3 is 2.67 bits per heavy atom. The lowest BCUT2D eigenvalue weighted by atomic mass is 9.91. The van der Waals surface area contributed by atoms with Gasteiger partial charge in [0.05, 0.1) is 26.9 Å². The van der Waals surface area contributed by atoms with Gasteiger partial charge in [0.2, 0.25) is 0 Å². The minimum Gasteiger partial charge on any atom is -0.461 e. The maximum atomic E-state index is 17.2. The quantitative estimate of drug-likeness (QED) is 0.188. The van der Waals surface area contributed by atoms with Crippen molar-refractivity contribution in [1.82, 2.24) is 25.1 Å². The average Bonchev–Trinajstić information content (AvgIpc) is 3.96. The smallest absolute Gasteiger partial charge is 0.319 e. The van der Waals surface area contributed by atoms with Crippen molar-refractivity contribution in [3.05, 3.63) is 40.4 Å². The van der Waals surface area contributed by atoms with E-state index in [-0.39, 0.29) is 65.9 Å². The summed E-state index contributed by atoms with van der Waals surface area (Å²) in [5.41, 5.74) is 6.49. The fourth-order valence-corrected chi connectivity index (χ4v) is 11.3. The summed E-state index contributed by atoms with van der Waals surface area (Å²) in [6.45, 7) is 4.67. The van der Waals surface area contributed by atoms with E-state index in [9.17, 15) is 10.4 Å². The monoisotopic (exact) mass is 746 g/mol. The highest BCUT2D eigenvalue weighted by molar-refractivity contribution is 7.23. The van der Waals surface area contributed by atoms with Gasteiger partial charge in [0, 0.05) is 48.1 Å². The van der Waals surface area contributed by atoms with Crippen molar-refractivity contribution < 1.29 is 18.6 Å². The third-order valence-corrected chi connectivity index (χ3v) is 14.3. The van der Waals surface area contributed by atoms with Crippen LogP contribution in [0.2, 0.25) is 5.02 Å². The Labute approximate surface area is 309 Å². The molecule has 1 aliphatic carbocycles. The van der Waals surface area contributed by atoms with Gasteiger partial charge in [-0.25, -0.2) is 8.78 Å². The Balaban J connectivity index is 1.06. The molecule has 5 atom stereocenters. The lowest BCUT2D eigenvalue weighted by molar-refractivity contribution is -0.0138. The van der Waals surface area contributed by atoms with Gasteiger partial charge in [0.15, 0.2) is 5.82 Å². The first-order valence-corrected chi connectivity index (χ1v) is 19.9. The van der Waals surface area contributed by atoms with Crippen LogP contribution in [0, 0.1) is 34.8 Å². The second kappa shape index (κ2) is 12.3. The molecule has 7 heterocycles. The van der Waals surface area contributed by atoms with Crippen molar-refractivity contribution in [2.24, 2.45) is 11.8 Å². The fourth-order valence-electron chi connectivity index (χ4n) is 10.1. The lowest BCUT2D eigenvalue weighted by Gasteiger charge is -2.41. The molecule has 10 nitrogen and oxygen atoms in total. The number of aliphatic hydroxyl groups excluding tert-OH is 1. The Kier molecular flexibility index (Phi) is 7.87. The van der Waals surface area contributed by atoms with Crippen LogP contribution >= 0.6 is 22.9 Å². The highest BCUT2D eigenvalue weighted by Crippen LogP contribution is 2.47. The summed E-state index contributed by atoms with van der Waals surface area (Å²) in [7, 11) is 0. The zero-order valence-electron chi connectivity index (χ0n) is 28.8. The topological polar surface area (TPSA) is 137 Å². The number of nitrogen functional groups attached to an aromatic ring is 1. The predicted octanol–water partition coefficient (Wildman–Crippen LogP) is 5.87. The SMILES string of the molecule is N#Cc1c(N)sc2c(F)ccc(-c3c(Cl)cc4c(N5CCC6CCN(C(O)[C@@H]7N[C@H]7C7CC7)C6C5)nc(OCC56CCCN5CCC6)nc4c3F)c12. The summed E-state index contributed by atoms with van der Waals surface area (Å²) >= 11 is 7.94. The van der Waals surface area contributed by atoms with Gasteiger partial charge < -0.3 is 25.8 Å². The summed E-state index contributed by atoms with van der Waals surface area (Å²) in [5.74, 6) is 0.435. The van der Waals surface area contributed by atoms with Crippen molar-refractivity contribution in [3.8, 4) is 23.2 Å². The average molecular weight is 747 g/mol. The van der Waals surface area contributed by atoms with Gasteiger partial charge in [0.25, 0.3) is 0 Å². The van der Waals surface area contributed by atoms with Gasteiger partial charge in [-0.1, -0.05) is 17.7 Å². The number of likely N-dealkylation sites (tertiary alicyclic amines) is 1. The van der Waals surface area contributed by atoms with Crippen LogP contribution in [0.4, 0.5) is 19.6 Å². The Morgan fingerprint density at radius 1 is 1.12 bits per heavy atom. The van der Waals surface area contributed by atoms with Crippen LogP contribution in [0.5, 0.6) is 6.01 Å². The Morgan fingerprint density at radius 2 is 1.90 bits per heavy atom. The van der Waals surface area contributed by atoms with Gasteiger partial charge in [-0.3, -0.25) is 9.80 Å². The molecule has 4 N–H and O–H groups in total. The molecule has 0 radical (unpaired) electrons. The van der Waals surface area contributed by atoms with E-state index in [1.807, 2.05) is 0 Å². The molecule has 14 heteroatoms. The number of piperidine rings is 1. The number of aliphatic hydroxyl groups is 1. The summed E-state index contributed by atoms with van der Waals surface area (Å²) < 4.78 is 38.9. The van der Waals surface area contributed by atoms with Crippen molar-refractivity contribution in [1.29, 1.82) is 5.26 Å². The van der Waals surface area contributed by atoms with Crippen LogP contribution in [-0.4, -0.2) is 94.1 Å². The van der Waals surface area contributed by atoms with Crippen molar-refractivity contribution in [2.45, 2.75) is 81.3 Å². The third kappa shape index (κ3) is 5.20. The molecule has 2 aromatic heterocycles. The number of nitriles is 1. The predicted molar refractivity (Wildman–Crippen MR) is 198 cm³/mol. The third-order valence-electron chi connectivity index (χ3n) is 13.0. The molecular formula is C38H41ClF2N8O2S. The fraction of sp³-hybridized carbons (Fsp3) is 0.553. The van der Waals surface area contributed by atoms with Crippen LogP contribution < -0.4 is 20.7 Å². The lowest BCUT2D eigenvalue weighted by Crippen LogP contribution is -2.53. The Bertz CT molecular complexity index is 2150. The molecule has 2 aromatic carbocycles. The van der Waals surface area contributed by atoms with E-state index in [1.165, 1.54) is 25.0 Å². The highest BCUT2D eigenvalue weighted by Gasteiger charge is 2.54. The Hall–Kier alpha value is -3.38. The molecule has 1 saturated carbocycles. The molecule has 6 fully saturated rings. The van der Waals surface area contributed by atoms with Crippen LogP contribution in [0.3, 0.4) is 0 Å². The number of nitrogens with one attached hydrogen (secondary N) is 1. The van der Waals surface area contributed by atoms with Gasteiger partial charge in [-0.2, -0.15) is 15.2 Å². The zero-order chi connectivity index (χ0) is 35.5. The molecule has 272 valence electrons. The van der Waals surface area contributed by atoms with Crippen molar-refractivity contribution in [3.63, 3.8) is 0 Å². The molecule has 52 heavy (non-hydrogen) atoms. The van der Waals surface area contributed by atoms with E-state index in [0.717, 1.165) is 69.5 Å². The number of ether oxygens (including phenoxy) is 1. The van der Waals surface area contributed by atoms with Gasteiger partial charge in [0.1, 0.15) is 41.1 Å². The van der Waals surface area contributed by atoms with Crippen LogP contribution in [0.25, 0.3) is 32.1 Å². The number of hydrogen-bond donors (Lipinski definition) is 3. The van der Waals surface area contributed by atoms with E-state index in [4.69, 9.17) is 32.0 Å². The number of nitrogens with zero attached hydrogens (tertiary/aromatic N) is 6. The molecule has 3 unspecified atom stereocenters. The van der Waals surface area contributed by atoms with Gasteiger partial charge in [-0.05, 0) is 94.0 Å². The minimum absolute atomic E-state index is 0.0198. The molecule has 5 aliphatic heterocycles. The summed E-state index contributed by atoms with van der Waals surface area (Å²) in [4.78, 5) is 16.6. The minimum atomic E-state index is -0.696. The summed E-state index contributed by atoms with van der Waals surface area (Å²) in [6.07, 6.45) is 8.17. The second-order valence-corrected chi connectivity index (χ2v) is 17.2. The van der Waals surface area contributed by atoms with Gasteiger partial charge >= 0.3 is 6.01 Å². The number of rotatable bonds is 8. The molecule has 5 saturated heterocycles. The first-order valence-electron chi connectivity index (χ1n) is 18.7. The number of thiophene rings is 1. The van der Waals surface area contributed by atoms with E-state index in [1.54, 1.807) is 6.07 Å². The second-order valence-electron chi connectivity index (χ2n) is 15.8. The molecule has 0 amide bonds. The number of fused-ring (bicyclic) bond motifs is 4. The standard InChI is InChI=1S/C38H41ClF2N8O2S/c39-24-15-22-31(29(41)28(24)21-5-6-25(40)33-27(21)23(16-42)34(43)52-33)45-37(51-18-38-9-1-11-48(38)12-2-10-38)46-35(22)47-13-7-19-8-14-49(26(19)17-47)36(50)32-30(44-32)20-3-4-20/h5-6,15,19-20,26,30,32,36,44,50H,1-4,7-14,17-18,43H2/t19?,26?,30-,32+,36?/m0/s1. The molecular weight excluding hydrogens is 706 g/mol. The highest BCUT2D eigenvalue weighted by atomic mass is 35.5. The number of benzene rings is 2. The van der Waals surface area contributed by atoms with E-state index in [0.29, 0.717) is 48.8 Å². The van der Waals surface area contributed by atoms with Gasteiger partial charge in [-0.15, -0.1) is 11.3 Å². The van der Waals surface area contributed by atoms with E-state index >= 15 is 8.78 Å². The first kappa shape index (κ1) is 33.2. The zero-order valence-corrected chi connectivity index (χ0v) is 30.3. The number of aromatic nitrogens is 2. The summed E-state index contributed by atoms with van der Waals surface area (Å²) in [6, 6.07) is 7.19. The molecule has 4 aromatic rings.